The summed E-state index contributed by atoms with van der Waals surface area (Å²) < 4.78 is 41.1. The van der Waals surface area contributed by atoms with Crippen LogP contribution in [0.4, 0.5) is 13.2 Å². The zero-order valence-corrected chi connectivity index (χ0v) is 12.4. The smallest absolute Gasteiger partial charge is 0.343 e. The first-order valence-corrected chi connectivity index (χ1v) is 7.14. The molecule has 0 radical (unpaired) electrons. The van der Waals surface area contributed by atoms with E-state index in [2.05, 4.69) is 15.9 Å². The Labute approximate surface area is 128 Å². The highest BCUT2D eigenvalue weighted by Gasteiger charge is 2.30. The molecule has 0 fully saturated rings. The molecule has 3 rings (SSSR count). The predicted molar refractivity (Wildman–Crippen MR) is 80.2 cm³/mol. The highest BCUT2D eigenvalue weighted by molar-refractivity contribution is 9.10. The van der Waals surface area contributed by atoms with Crippen LogP contribution in [0.2, 0.25) is 0 Å². The lowest BCUT2D eigenvalue weighted by Gasteiger charge is -2.10. The Hall–Kier alpha value is -1.75. The molecule has 0 aliphatic heterocycles. The molecule has 0 aliphatic rings. The standard InChI is InChI=1S/C16H11BrF3N/c17-14-5-2-6-15-13(14)7-8-21(15)10-11-3-1-4-12(9-11)16(18,19)20/h1-9H,10H2. The molecule has 2 aromatic carbocycles. The maximum absolute atomic E-state index is 12.7. The minimum absolute atomic E-state index is 0.407. The molecule has 5 heteroatoms. The number of fused-ring (bicyclic) bond motifs is 1. The molecule has 0 atom stereocenters. The van der Waals surface area contributed by atoms with Crippen molar-refractivity contribution in [3.63, 3.8) is 0 Å². The molecule has 0 unspecified atom stereocenters. The van der Waals surface area contributed by atoms with Crippen LogP contribution in [0, 0.1) is 0 Å². The van der Waals surface area contributed by atoms with Gasteiger partial charge in [-0.2, -0.15) is 13.2 Å². The number of nitrogens with zero attached hydrogens (tertiary/aromatic N) is 1. The van der Waals surface area contributed by atoms with E-state index in [9.17, 15) is 13.2 Å². The maximum atomic E-state index is 12.7. The Kier molecular flexibility index (Phi) is 3.53. The van der Waals surface area contributed by atoms with E-state index in [1.807, 2.05) is 35.0 Å². The third kappa shape index (κ3) is 2.83. The lowest BCUT2D eigenvalue weighted by Crippen LogP contribution is -2.06. The second-order valence-electron chi connectivity index (χ2n) is 4.81. The van der Waals surface area contributed by atoms with Crippen LogP contribution in [0.15, 0.2) is 59.2 Å². The van der Waals surface area contributed by atoms with Crippen LogP contribution in [0.25, 0.3) is 10.9 Å². The quantitative estimate of drug-likeness (QED) is 0.575. The van der Waals surface area contributed by atoms with E-state index in [1.54, 1.807) is 6.07 Å². The van der Waals surface area contributed by atoms with Gasteiger partial charge < -0.3 is 4.57 Å². The first kappa shape index (κ1) is 14.2. The Morgan fingerprint density at radius 3 is 2.52 bits per heavy atom. The van der Waals surface area contributed by atoms with Crippen molar-refractivity contribution in [3.05, 3.63) is 70.3 Å². The molecule has 3 aromatic rings. The molecule has 0 aliphatic carbocycles. The first-order chi connectivity index (χ1) is 9.95. The zero-order valence-electron chi connectivity index (χ0n) is 10.9. The van der Waals surface area contributed by atoms with Gasteiger partial charge in [0.2, 0.25) is 0 Å². The van der Waals surface area contributed by atoms with Crippen LogP contribution in [-0.4, -0.2) is 4.57 Å². The summed E-state index contributed by atoms with van der Waals surface area (Å²) in [6.07, 6.45) is -2.42. The van der Waals surface area contributed by atoms with Gasteiger partial charge in [-0.3, -0.25) is 0 Å². The van der Waals surface area contributed by atoms with Crippen LogP contribution in [-0.2, 0) is 12.7 Å². The second kappa shape index (κ2) is 5.22. The van der Waals surface area contributed by atoms with Gasteiger partial charge in [-0.25, -0.2) is 0 Å². The average molecular weight is 354 g/mol. The summed E-state index contributed by atoms with van der Waals surface area (Å²) in [6.45, 7) is 0.407. The number of hydrogen-bond acceptors (Lipinski definition) is 0. The summed E-state index contributed by atoms with van der Waals surface area (Å²) in [5.74, 6) is 0. The molecule has 1 nitrogen and oxygen atoms in total. The van der Waals surface area contributed by atoms with E-state index in [4.69, 9.17) is 0 Å². The minimum Gasteiger partial charge on any atom is -0.343 e. The van der Waals surface area contributed by atoms with Crippen LogP contribution in [0.3, 0.4) is 0 Å². The Morgan fingerprint density at radius 2 is 1.76 bits per heavy atom. The van der Waals surface area contributed by atoms with Crippen molar-refractivity contribution in [2.45, 2.75) is 12.7 Å². The van der Waals surface area contributed by atoms with Crippen LogP contribution in [0.5, 0.6) is 0 Å². The highest BCUT2D eigenvalue weighted by atomic mass is 79.9. The summed E-state index contributed by atoms with van der Waals surface area (Å²) in [6, 6.07) is 13.2. The highest BCUT2D eigenvalue weighted by Crippen LogP contribution is 2.30. The molecule has 0 bridgehead atoms. The molecule has 0 N–H and O–H groups in total. The number of hydrogen-bond donors (Lipinski definition) is 0. The van der Waals surface area contributed by atoms with Gasteiger partial charge in [-0.15, -0.1) is 0 Å². The zero-order chi connectivity index (χ0) is 15.0. The topological polar surface area (TPSA) is 4.93 Å². The van der Waals surface area contributed by atoms with Crippen LogP contribution in [0.1, 0.15) is 11.1 Å². The van der Waals surface area contributed by atoms with Crippen LogP contribution >= 0.6 is 15.9 Å². The van der Waals surface area contributed by atoms with Crippen molar-refractivity contribution < 1.29 is 13.2 Å². The Balaban J connectivity index is 1.98. The van der Waals surface area contributed by atoms with Crippen molar-refractivity contribution in [1.29, 1.82) is 0 Å². The fourth-order valence-corrected chi connectivity index (χ4v) is 2.85. The number of benzene rings is 2. The molecule has 1 heterocycles. The van der Waals surface area contributed by atoms with Crippen LogP contribution < -0.4 is 0 Å². The summed E-state index contributed by atoms with van der Waals surface area (Å²) in [5, 5.41) is 1.05. The van der Waals surface area contributed by atoms with Gasteiger partial charge >= 0.3 is 6.18 Å². The molecule has 21 heavy (non-hydrogen) atoms. The average Bonchev–Trinajstić information content (AvgIpc) is 2.83. The summed E-state index contributed by atoms with van der Waals surface area (Å²) >= 11 is 3.47. The van der Waals surface area contributed by atoms with E-state index in [0.717, 1.165) is 21.4 Å². The van der Waals surface area contributed by atoms with Gasteiger partial charge in [0.15, 0.2) is 0 Å². The van der Waals surface area contributed by atoms with Crippen molar-refractivity contribution >= 4 is 26.8 Å². The molecule has 0 saturated heterocycles. The van der Waals surface area contributed by atoms with E-state index >= 15 is 0 Å². The second-order valence-corrected chi connectivity index (χ2v) is 5.67. The molecular weight excluding hydrogens is 343 g/mol. The molecule has 1 aromatic heterocycles. The summed E-state index contributed by atoms with van der Waals surface area (Å²) in [4.78, 5) is 0. The Bertz CT molecular complexity index is 790. The number of halogens is 4. The third-order valence-corrected chi connectivity index (χ3v) is 4.06. The summed E-state index contributed by atoms with van der Waals surface area (Å²) in [7, 11) is 0. The first-order valence-electron chi connectivity index (χ1n) is 6.34. The van der Waals surface area contributed by atoms with Crippen molar-refractivity contribution in [2.24, 2.45) is 0 Å². The molecule has 0 saturated carbocycles. The van der Waals surface area contributed by atoms with Gasteiger partial charge in [0.05, 0.1) is 5.56 Å². The predicted octanol–water partition coefficient (Wildman–Crippen LogP) is 5.47. The van der Waals surface area contributed by atoms with Gasteiger partial charge in [0.1, 0.15) is 0 Å². The normalized spacial score (nSPS) is 12.0. The van der Waals surface area contributed by atoms with Gasteiger partial charge in [0, 0.05) is 28.1 Å². The lowest BCUT2D eigenvalue weighted by molar-refractivity contribution is -0.137. The van der Waals surface area contributed by atoms with E-state index in [0.29, 0.717) is 12.1 Å². The lowest BCUT2D eigenvalue weighted by atomic mass is 10.1. The fraction of sp³-hybridized carbons (Fsp3) is 0.125. The largest absolute Gasteiger partial charge is 0.416 e. The molecule has 108 valence electrons. The third-order valence-electron chi connectivity index (χ3n) is 3.37. The van der Waals surface area contributed by atoms with Gasteiger partial charge in [-0.1, -0.05) is 34.1 Å². The van der Waals surface area contributed by atoms with E-state index in [-0.39, 0.29) is 0 Å². The monoisotopic (exact) mass is 353 g/mol. The fourth-order valence-electron chi connectivity index (χ4n) is 2.37. The molecule has 0 amide bonds. The van der Waals surface area contributed by atoms with E-state index < -0.39 is 11.7 Å². The van der Waals surface area contributed by atoms with Crippen molar-refractivity contribution in [1.82, 2.24) is 4.57 Å². The SMILES string of the molecule is FC(F)(F)c1cccc(Cn2ccc3c(Br)cccc32)c1. The van der Waals surface area contributed by atoms with E-state index in [1.165, 1.54) is 12.1 Å². The molecule has 0 spiro atoms. The Morgan fingerprint density at radius 1 is 1.00 bits per heavy atom. The summed E-state index contributed by atoms with van der Waals surface area (Å²) in [5.41, 5.74) is 1.00. The number of rotatable bonds is 2. The maximum Gasteiger partial charge on any atom is 0.416 e. The number of aromatic nitrogens is 1. The van der Waals surface area contributed by atoms with Crippen molar-refractivity contribution in [2.75, 3.05) is 0 Å². The molecular formula is C16H11BrF3N. The van der Waals surface area contributed by atoms with Gasteiger partial charge in [0.25, 0.3) is 0 Å². The number of alkyl halides is 3. The van der Waals surface area contributed by atoms with Crippen molar-refractivity contribution in [3.8, 4) is 0 Å². The minimum atomic E-state index is -4.31. The van der Waals surface area contributed by atoms with Gasteiger partial charge in [-0.05, 0) is 35.9 Å².